The number of rotatable bonds is 7. The zero-order valence-electron chi connectivity index (χ0n) is 42.6. The molecule has 319 valence electrons. The molecule has 0 saturated carbocycles. The molecular weight excluding hydrogens is 935 g/mol. The number of hydrogen-bond acceptors (Lipinski definition) is 2. The number of para-hydroxylation sites is 3. The Morgan fingerprint density at radius 3 is 2.03 bits per heavy atom. The topological polar surface area (TPSA) is 30.7 Å². The van der Waals surface area contributed by atoms with Gasteiger partial charge in [-0.15, -0.1) is 64.7 Å². The maximum atomic E-state index is 8.79. The van der Waals surface area contributed by atoms with Crippen LogP contribution in [0.1, 0.15) is 124 Å². The molecule has 5 heteroatoms. The van der Waals surface area contributed by atoms with E-state index in [1.807, 2.05) is 33.0 Å². The first-order chi connectivity index (χ1) is 29.8. The molecule has 7 aromatic rings. The third-order valence-electron chi connectivity index (χ3n) is 11.9. The number of hydrogen-bond donors (Lipinski definition) is 0. The van der Waals surface area contributed by atoms with Gasteiger partial charge < -0.3 is 9.55 Å². The first-order valence-electron chi connectivity index (χ1n) is 23.7. The molecule has 0 amide bonds. The van der Waals surface area contributed by atoms with Crippen LogP contribution in [0.25, 0.3) is 50.5 Å². The number of nitrogens with zero attached hydrogens (tertiary/aromatic N) is 3. The summed E-state index contributed by atoms with van der Waals surface area (Å²) in [6, 6.07) is 38.4. The van der Waals surface area contributed by atoms with Crippen molar-refractivity contribution in [2.75, 3.05) is 0 Å². The molecule has 2 aromatic heterocycles. The molecular formula is C56H65IrN3Si-2. The normalized spacial score (nSPS) is 14.4. The Hall–Kier alpha value is -4.41. The monoisotopic (exact) mass is 1000 g/mol. The summed E-state index contributed by atoms with van der Waals surface area (Å²) in [4.78, 5) is 9.83. The fourth-order valence-corrected chi connectivity index (χ4v) is 9.96. The number of benzene rings is 5. The number of pyridine rings is 1. The van der Waals surface area contributed by atoms with E-state index in [0.29, 0.717) is 28.7 Å². The standard InChI is InChI=1S/C36H37N2.C20H28NSi.Ir/c1-21(2)26-12-11-13-27(22(3)4)34(26)38-33-15-10-9-14-32(33)37-35(38)25-16-17-30-29(20-25)28-18-23(5)24(6)19-31(28)36(30,7)8;1-15-8-10-16(11-9-15)18-12-17(13-20(2,3)4)19(14-21-18)22(5,6)7;/h9-15,17-22H,1-8H3;8-10,12,14H,13H2,1-7H3;/q2*-1;/i;1D2,13D2;. The molecule has 0 spiro atoms. The second-order valence-corrected chi connectivity index (χ2v) is 24.9. The molecule has 0 saturated heterocycles. The van der Waals surface area contributed by atoms with Crippen LogP contribution in [0.15, 0.2) is 97.2 Å². The third kappa shape index (κ3) is 9.22. The van der Waals surface area contributed by atoms with Crippen LogP contribution in [0.3, 0.4) is 0 Å². The molecule has 0 atom stereocenters. The molecule has 3 nitrogen and oxygen atoms in total. The van der Waals surface area contributed by atoms with Crippen molar-refractivity contribution >= 4 is 24.3 Å². The molecule has 0 fully saturated rings. The van der Waals surface area contributed by atoms with Crippen molar-refractivity contribution < 1.29 is 25.6 Å². The van der Waals surface area contributed by atoms with E-state index in [2.05, 4.69) is 163 Å². The SMILES string of the molecule is Cc1cc2c(cc1C)C(C)(C)c1c[c-]c(-c3nc4ccccc4n3-c3c(C(C)C)cccc3C(C)C)cc1-2.[2H]C([2H])c1c[c-]c(-c2cc(C([2H])([2H])C(C)(C)C)c([Si](C)(C)C)cn2)cc1.[Ir]. The van der Waals surface area contributed by atoms with Gasteiger partial charge in [0.25, 0.3) is 0 Å². The van der Waals surface area contributed by atoms with E-state index in [1.54, 1.807) is 18.2 Å². The summed E-state index contributed by atoms with van der Waals surface area (Å²) in [7, 11) is -1.78. The van der Waals surface area contributed by atoms with Crippen molar-refractivity contribution in [3.63, 3.8) is 0 Å². The average Bonchev–Trinajstić information content (AvgIpc) is 3.71. The van der Waals surface area contributed by atoms with E-state index in [4.69, 9.17) is 10.5 Å². The van der Waals surface area contributed by atoms with Crippen molar-refractivity contribution in [2.45, 2.75) is 126 Å². The summed E-state index contributed by atoms with van der Waals surface area (Å²) in [5, 5.41) is 1.04. The van der Waals surface area contributed by atoms with Gasteiger partial charge in [-0.25, -0.2) is 0 Å². The molecule has 0 unspecified atom stereocenters. The third-order valence-corrected chi connectivity index (χ3v) is 13.9. The molecule has 0 N–H and O–H groups in total. The van der Waals surface area contributed by atoms with Crippen LogP contribution in [-0.2, 0) is 31.9 Å². The van der Waals surface area contributed by atoms with Crippen molar-refractivity contribution in [3.8, 4) is 39.5 Å². The summed E-state index contributed by atoms with van der Waals surface area (Å²) in [5.74, 6) is 1.74. The Bertz CT molecular complexity index is 2840. The van der Waals surface area contributed by atoms with Gasteiger partial charge in [0.2, 0.25) is 0 Å². The van der Waals surface area contributed by atoms with Crippen LogP contribution < -0.4 is 5.19 Å². The quantitative estimate of drug-likeness (QED) is 0.118. The van der Waals surface area contributed by atoms with Gasteiger partial charge in [-0.1, -0.05) is 148 Å². The summed E-state index contributed by atoms with van der Waals surface area (Å²) in [6.07, 6.45) is 0.341. The van der Waals surface area contributed by atoms with E-state index in [-0.39, 0.29) is 25.5 Å². The zero-order valence-corrected chi connectivity index (χ0v) is 42.0. The average molecular weight is 1000 g/mol. The molecule has 1 radical (unpaired) electrons. The Labute approximate surface area is 387 Å². The summed E-state index contributed by atoms with van der Waals surface area (Å²) in [5.41, 5.74) is 17.4. The first kappa shape index (κ1) is 40.6. The minimum Gasteiger partial charge on any atom is -0.333 e. The smallest absolute Gasteiger partial charge is 0.0798 e. The molecule has 8 rings (SSSR count). The van der Waals surface area contributed by atoms with Crippen LogP contribution in [0.2, 0.25) is 19.6 Å². The van der Waals surface area contributed by atoms with Crippen LogP contribution in [0.5, 0.6) is 0 Å². The van der Waals surface area contributed by atoms with Gasteiger partial charge in [0.05, 0.1) is 24.9 Å². The molecule has 5 aromatic carbocycles. The van der Waals surface area contributed by atoms with Crippen LogP contribution >= 0.6 is 0 Å². The van der Waals surface area contributed by atoms with Crippen molar-refractivity contribution in [1.82, 2.24) is 14.5 Å². The fourth-order valence-electron chi connectivity index (χ4n) is 8.57. The minimum absolute atomic E-state index is 0. The van der Waals surface area contributed by atoms with Crippen molar-refractivity contribution in [3.05, 3.63) is 154 Å². The van der Waals surface area contributed by atoms with E-state index >= 15 is 0 Å². The molecule has 2 heterocycles. The predicted octanol–water partition coefficient (Wildman–Crippen LogP) is 14.7. The summed E-state index contributed by atoms with van der Waals surface area (Å²) < 4.78 is 34.9. The second kappa shape index (κ2) is 17.4. The van der Waals surface area contributed by atoms with E-state index < -0.39 is 26.7 Å². The maximum absolute atomic E-state index is 8.79. The molecule has 0 bridgehead atoms. The fraction of sp³-hybridized carbons (Fsp3) is 0.357. The Morgan fingerprint density at radius 2 is 1.43 bits per heavy atom. The molecule has 1 aliphatic rings. The summed E-state index contributed by atoms with van der Waals surface area (Å²) >= 11 is 0. The first-order valence-corrected chi connectivity index (χ1v) is 25.0. The van der Waals surface area contributed by atoms with Gasteiger partial charge in [0.15, 0.2) is 0 Å². The Balaban J connectivity index is 0.000000228. The maximum Gasteiger partial charge on any atom is 0.0798 e. The van der Waals surface area contributed by atoms with Crippen LogP contribution in [0, 0.1) is 38.3 Å². The Morgan fingerprint density at radius 1 is 0.787 bits per heavy atom. The van der Waals surface area contributed by atoms with Crippen LogP contribution in [0.4, 0.5) is 0 Å². The van der Waals surface area contributed by atoms with E-state index in [1.165, 1.54) is 50.2 Å². The number of aromatic nitrogens is 3. The Kier molecular flexibility index (Phi) is 11.6. The molecule has 1 aliphatic carbocycles. The van der Waals surface area contributed by atoms with Crippen molar-refractivity contribution in [2.24, 2.45) is 5.41 Å². The van der Waals surface area contributed by atoms with Gasteiger partial charge in [0.1, 0.15) is 0 Å². The van der Waals surface area contributed by atoms with Gasteiger partial charge in [-0.2, -0.15) is 0 Å². The van der Waals surface area contributed by atoms with Gasteiger partial charge in [0, 0.05) is 37.5 Å². The second-order valence-electron chi connectivity index (χ2n) is 19.9. The molecule has 0 aliphatic heterocycles. The van der Waals surface area contributed by atoms with E-state index in [9.17, 15) is 0 Å². The van der Waals surface area contributed by atoms with Crippen LogP contribution in [-0.4, -0.2) is 22.6 Å². The minimum atomic E-state index is -1.78. The zero-order chi connectivity index (χ0) is 46.8. The van der Waals surface area contributed by atoms with Crippen molar-refractivity contribution in [1.29, 1.82) is 0 Å². The number of imidazole rings is 1. The van der Waals surface area contributed by atoms with Gasteiger partial charge in [-0.05, 0) is 99.3 Å². The largest absolute Gasteiger partial charge is 0.333 e. The predicted molar refractivity (Wildman–Crippen MR) is 260 cm³/mol. The summed E-state index contributed by atoms with van der Waals surface area (Å²) in [6.45, 7) is 29.6. The van der Waals surface area contributed by atoms with Gasteiger partial charge in [-0.3, -0.25) is 4.98 Å². The number of aryl methyl sites for hydroxylation is 3. The van der Waals surface area contributed by atoms with Gasteiger partial charge >= 0.3 is 0 Å². The number of fused-ring (bicyclic) bond motifs is 4. The molecule has 61 heavy (non-hydrogen) atoms. The van der Waals surface area contributed by atoms with E-state index in [0.717, 1.165) is 33.2 Å².